The van der Waals surface area contributed by atoms with Crippen LogP contribution in [0, 0.1) is 0 Å². The lowest BCUT2D eigenvalue weighted by atomic mass is 10.2. The first-order valence-electron chi connectivity index (χ1n) is 8.79. The van der Waals surface area contributed by atoms with Crippen LogP contribution in [0.4, 0.5) is 0 Å². The number of para-hydroxylation sites is 2. The van der Waals surface area contributed by atoms with Crippen LogP contribution in [0.2, 0.25) is 20.1 Å². The van der Waals surface area contributed by atoms with Crippen molar-refractivity contribution in [3.63, 3.8) is 0 Å². The molecule has 2 N–H and O–H groups in total. The summed E-state index contributed by atoms with van der Waals surface area (Å²) in [5, 5.41) is 13.2. The average Bonchev–Trinajstić information content (AvgIpc) is 2.71. The molecule has 4 nitrogen and oxygen atoms in total. The lowest BCUT2D eigenvalue weighted by molar-refractivity contribution is 0.293. The summed E-state index contributed by atoms with van der Waals surface area (Å²) in [6.07, 6.45) is 4.60. The van der Waals surface area contributed by atoms with Crippen molar-refractivity contribution in [1.29, 1.82) is 0 Å². The number of aliphatic hydroxyl groups is 1. The maximum Gasteiger partial charge on any atom is 0.164 e. The van der Waals surface area contributed by atoms with Gasteiger partial charge in [-0.05, 0) is 48.9 Å². The molecule has 29 heavy (non-hydrogen) atoms. The van der Waals surface area contributed by atoms with E-state index in [1.807, 2.05) is 18.3 Å². The maximum atomic E-state index is 8.49. The maximum absolute atomic E-state index is 8.49. The topological polar surface area (TPSA) is 54.4 Å². The Kier molecular flexibility index (Phi) is 10.6. The van der Waals surface area contributed by atoms with Gasteiger partial charge in [-0.1, -0.05) is 64.6 Å². The molecule has 0 radical (unpaired) electrons. The lowest BCUT2D eigenvalue weighted by Gasteiger charge is -2.11. The molecule has 0 saturated carbocycles. The van der Waals surface area contributed by atoms with Crippen molar-refractivity contribution in [2.75, 3.05) is 19.7 Å². The molecule has 1 heterocycles. The van der Waals surface area contributed by atoms with Crippen molar-refractivity contribution in [2.24, 2.45) is 0 Å². The van der Waals surface area contributed by atoms with Crippen LogP contribution in [0.15, 0.2) is 60.9 Å². The number of aliphatic hydroxyl groups excluding tert-OH is 1. The molecule has 0 amide bonds. The van der Waals surface area contributed by atoms with Crippen LogP contribution in [0.1, 0.15) is 5.56 Å². The molecule has 0 aliphatic rings. The molecule has 8 heteroatoms. The van der Waals surface area contributed by atoms with Gasteiger partial charge in [-0.25, -0.2) is 0 Å². The van der Waals surface area contributed by atoms with Gasteiger partial charge >= 0.3 is 0 Å². The van der Waals surface area contributed by atoms with Gasteiger partial charge in [0, 0.05) is 18.9 Å². The SMILES string of the molecule is Clc1cccc(Cl)c1Oc1c(Cl)cccc1Cl.OCCNCCc1cccnc1. The van der Waals surface area contributed by atoms with Gasteiger partial charge in [-0.15, -0.1) is 0 Å². The first-order chi connectivity index (χ1) is 14.0. The van der Waals surface area contributed by atoms with Gasteiger partial charge in [-0.3, -0.25) is 4.98 Å². The van der Waals surface area contributed by atoms with Gasteiger partial charge in [0.05, 0.1) is 26.7 Å². The van der Waals surface area contributed by atoms with E-state index in [0.717, 1.165) is 13.0 Å². The van der Waals surface area contributed by atoms with E-state index in [1.165, 1.54) is 5.56 Å². The van der Waals surface area contributed by atoms with Crippen LogP contribution in [0.25, 0.3) is 0 Å². The third-order valence-corrected chi connectivity index (χ3v) is 4.83. The minimum absolute atomic E-state index is 0.201. The van der Waals surface area contributed by atoms with E-state index in [2.05, 4.69) is 10.3 Å². The van der Waals surface area contributed by atoms with Crippen LogP contribution in [-0.4, -0.2) is 29.8 Å². The molecule has 1 aromatic heterocycles. The molecule has 2 aromatic carbocycles. The van der Waals surface area contributed by atoms with Crippen molar-refractivity contribution < 1.29 is 9.84 Å². The highest BCUT2D eigenvalue weighted by atomic mass is 35.5. The zero-order chi connectivity index (χ0) is 21.1. The van der Waals surface area contributed by atoms with E-state index in [9.17, 15) is 0 Å². The van der Waals surface area contributed by atoms with Crippen LogP contribution >= 0.6 is 46.4 Å². The summed E-state index contributed by atoms with van der Waals surface area (Å²) in [4.78, 5) is 4.01. The zero-order valence-corrected chi connectivity index (χ0v) is 18.4. The lowest BCUT2D eigenvalue weighted by Crippen LogP contribution is -2.20. The van der Waals surface area contributed by atoms with E-state index in [0.29, 0.717) is 38.1 Å². The second-order valence-corrected chi connectivity index (χ2v) is 7.42. The predicted molar refractivity (Wildman–Crippen MR) is 121 cm³/mol. The van der Waals surface area contributed by atoms with E-state index >= 15 is 0 Å². The Morgan fingerprint density at radius 3 is 1.79 bits per heavy atom. The highest BCUT2D eigenvalue weighted by Crippen LogP contribution is 2.41. The Morgan fingerprint density at radius 2 is 1.34 bits per heavy atom. The van der Waals surface area contributed by atoms with Gasteiger partial charge in [0.25, 0.3) is 0 Å². The molecule has 0 aliphatic heterocycles. The van der Waals surface area contributed by atoms with E-state index in [4.69, 9.17) is 56.2 Å². The summed E-state index contributed by atoms with van der Waals surface area (Å²) in [6, 6.07) is 14.1. The van der Waals surface area contributed by atoms with Gasteiger partial charge in [0.1, 0.15) is 0 Å². The Bertz CT molecular complexity index is 805. The average molecular weight is 474 g/mol. The molecular weight excluding hydrogens is 454 g/mol. The molecule has 154 valence electrons. The second-order valence-electron chi connectivity index (χ2n) is 5.79. The van der Waals surface area contributed by atoms with Crippen molar-refractivity contribution in [2.45, 2.75) is 6.42 Å². The first-order valence-corrected chi connectivity index (χ1v) is 10.3. The zero-order valence-electron chi connectivity index (χ0n) is 15.4. The number of pyridine rings is 1. The largest absolute Gasteiger partial charge is 0.451 e. The number of halogens is 4. The number of nitrogens with one attached hydrogen (secondary N) is 1. The molecule has 0 unspecified atom stereocenters. The molecule has 3 rings (SSSR count). The number of rotatable bonds is 7. The summed E-state index contributed by atoms with van der Waals surface area (Å²) in [5.41, 5.74) is 1.22. The normalized spacial score (nSPS) is 10.2. The Balaban J connectivity index is 0.000000221. The van der Waals surface area contributed by atoms with Crippen LogP contribution in [0.3, 0.4) is 0 Å². The summed E-state index contributed by atoms with van der Waals surface area (Å²) in [6.45, 7) is 1.76. The minimum atomic E-state index is 0.201. The summed E-state index contributed by atoms with van der Waals surface area (Å²) >= 11 is 24.0. The third kappa shape index (κ3) is 8.01. The fourth-order valence-electron chi connectivity index (χ4n) is 2.24. The van der Waals surface area contributed by atoms with Crippen molar-refractivity contribution in [3.8, 4) is 11.5 Å². The summed E-state index contributed by atoms with van der Waals surface area (Å²) in [7, 11) is 0. The molecule has 0 atom stereocenters. The number of aromatic nitrogens is 1. The molecule has 3 aromatic rings. The summed E-state index contributed by atoms with van der Waals surface area (Å²) in [5.74, 6) is 0.677. The highest BCUT2D eigenvalue weighted by Gasteiger charge is 2.12. The van der Waals surface area contributed by atoms with Gasteiger partial charge in [0.15, 0.2) is 11.5 Å². The number of ether oxygens (including phenoxy) is 1. The van der Waals surface area contributed by atoms with Gasteiger partial charge < -0.3 is 15.2 Å². The Morgan fingerprint density at radius 1 is 0.793 bits per heavy atom. The van der Waals surface area contributed by atoms with Crippen molar-refractivity contribution >= 4 is 46.4 Å². The smallest absolute Gasteiger partial charge is 0.164 e. The van der Waals surface area contributed by atoms with Gasteiger partial charge in [0.2, 0.25) is 0 Å². The molecule has 0 fully saturated rings. The van der Waals surface area contributed by atoms with Crippen molar-refractivity contribution in [3.05, 3.63) is 86.6 Å². The number of nitrogens with zero attached hydrogens (tertiary/aromatic N) is 1. The predicted octanol–water partition coefficient (Wildman–Crippen LogP) is 6.30. The van der Waals surface area contributed by atoms with E-state index in [-0.39, 0.29) is 6.61 Å². The third-order valence-electron chi connectivity index (χ3n) is 3.64. The Labute approximate surface area is 190 Å². The standard InChI is InChI=1S/C12H6Cl4O.C9H14N2O/c13-7-3-1-4-8(14)11(7)17-12-9(15)5-2-6-10(12)16;12-7-6-10-5-3-9-2-1-4-11-8-9/h1-6H;1-2,4,8,10,12H,3,5-7H2. The number of hydrogen-bond acceptors (Lipinski definition) is 4. The molecule has 0 aliphatic carbocycles. The molecule has 0 bridgehead atoms. The first kappa shape index (κ1) is 23.7. The van der Waals surface area contributed by atoms with Gasteiger partial charge in [-0.2, -0.15) is 0 Å². The number of benzene rings is 2. The quantitative estimate of drug-likeness (QED) is 0.395. The molecule has 0 saturated heterocycles. The summed E-state index contributed by atoms with van der Waals surface area (Å²) < 4.78 is 5.57. The molecular formula is C21H20Cl4N2O2. The highest BCUT2D eigenvalue weighted by molar-refractivity contribution is 6.38. The minimum Gasteiger partial charge on any atom is -0.451 e. The van der Waals surface area contributed by atoms with E-state index < -0.39 is 0 Å². The van der Waals surface area contributed by atoms with Crippen LogP contribution in [-0.2, 0) is 6.42 Å². The fraction of sp³-hybridized carbons (Fsp3) is 0.190. The Hall–Kier alpha value is -1.53. The monoisotopic (exact) mass is 472 g/mol. The van der Waals surface area contributed by atoms with Crippen LogP contribution in [0.5, 0.6) is 11.5 Å². The van der Waals surface area contributed by atoms with E-state index in [1.54, 1.807) is 42.6 Å². The van der Waals surface area contributed by atoms with Crippen molar-refractivity contribution in [1.82, 2.24) is 10.3 Å². The number of hydrogen-bond donors (Lipinski definition) is 2. The molecule has 0 spiro atoms. The second kappa shape index (κ2) is 12.9. The van der Waals surface area contributed by atoms with Crippen LogP contribution < -0.4 is 10.1 Å². The fourth-order valence-corrected chi connectivity index (χ4v) is 3.19.